The summed E-state index contributed by atoms with van der Waals surface area (Å²) in [4.78, 5) is 38.3. The van der Waals surface area contributed by atoms with E-state index in [-0.39, 0.29) is 18.6 Å². The van der Waals surface area contributed by atoms with Crippen LogP contribution in [0.15, 0.2) is 24.3 Å². The van der Waals surface area contributed by atoms with Gasteiger partial charge in [-0.15, -0.1) is 0 Å². The van der Waals surface area contributed by atoms with Crippen LogP contribution in [-0.2, 0) is 19.9 Å². The second-order valence-corrected chi connectivity index (χ2v) is 7.85. The molecule has 1 unspecified atom stereocenters. The molecule has 1 fully saturated rings. The summed E-state index contributed by atoms with van der Waals surface area (Å²) in [6, 6.07) is 7.06. The van der Waals surface area contributed by atoms with Crippen LogP contribution in [0, 0.1) is 0 Å². The first-order valence-corrected chi connectivity index (χ1v) is 9.78. The first-order valence-electron chi connectivity index (χ1n) is 9.78. The Morgan fingerprint density at radius 3 is 2.39 bits per heavy atom. The van der Waals surface area contributed by atoms with Crippen molar-refractivity contribution in [1.82, 2.24) is 15.5 Å². The van der Waals surface area contributed by atoms with Crippen LogP contribution in [0.5, 0.6) is 0 Å². The maximum atomic E-state index is 12.9. The van der Waals surface area contributed by atoms with Crippen molar-refractivity contribution in [3.63, 3.8) is 0 Å². The Bertz CT molecular complexity index is 715. The Morgan fingerprint density at radius 2 is 1.82 bits per heavy atom. The zero-order valence-corrected chi connectivity index (χ0v) is 17.4. The van der Waals surface area contributed by atoms with Crippen molar-refractivity contribution in [3.8, 4) is 0 Å². The van der Waals surface area contributed by atoms with Crippen LogP contribution in [0.4, 0.5) is 4.79 Å². The molecule has 1 aromatic carbocycles. The molecule has 2 rings (SSSR count). The minimum absolute atomic E-state index is 0.147. The Kier molecular flexibility index (Phi) is 7.18. The molecule has 28 heavy (non-hydrogen) atoms. The van der Waals surface area contributed by atoms with Crippen molar-refractivity contribution in [2.45, 2.75) is 58.6 Å². The molecule has 4 amide bonds. The topological polar surface area (TPSA) is 87.7 Å². The number of carbonyl (C=O) groups excluding carboxylic acids is 3. The average molecular weight is 389 g/mol. The monoisotopic (exact) mass is 389 g/mol. The smallest absolute Gasteiger partial charge is 0.325 e. The number of nitrogens with zero attached hydrogens (tertiary/aromatic N) is 1. The fourth-order valence-corrected chi connectivity index (χ4v) is 3.06. The number of carbonyl (C=O) groups is 3. The molecule has 154 valence electrons. The van der Waals surface area contributed by atoms with E-state index in [1.54, 1.807) is 6.92 Å². The fraction of sp³-hybridized carbons (Fsp3) is 0.571. The van der Waals surface area contributed by atoms with E-state index in [0.29, 0.717) is 31.1 Å². The highest BCUT2D eigenvalue weighted by Crippen LogP contribution is 2.29. The van der Waals surface area contributed by atoms with Gasteiger partial charge in [-0.3, -0.25) is 14.5 Å². The molecule has 2 N–H and O–H groups in total. The highest BCUT2D eigenvalue weighted by Gasteiger charge is 2.49. The van der Waals surface area contributed by atoms with Crippen LogP contribution >= 0.6 is 0 Å². The van der Waals surface area contributed by atoms with Gasteiger partial charge in [0.15, 0.2) is 0 Å². The number of hydrogen-bond donors (Lipinski definition) is 2. The summed E-state index contributed by atoms with van der Waals surface area (Å²) in [7, 11) is 0. The van der Waals surface area contributed by atoms with Crippen LogP contribution in [-0.4, -0.2) is 48.5 Å². The van der Waals surface area contributed by atoms with E-state index in [1.807, 2.05) is 38.1 Å². The summed E-state index contributed by atoms with van der Waals surface area (Å²) < 4.78 is 5.41. The van der Waals surface area contributed by atoms with Gasteiger partial charge >= 0.3 is 6.03 Å². The molecule has 0 saturated carbocycles. The summed E-state index contributed by atoms with van der Waals surface area (Å²) in [5, 5.41) is 5.45. The van der Waals surface area contributed by atoms with Gasteiger partial charge in [0, 0.05) is 13.2 Å². The minimum atomic E-state index is -1.17. The van der Waals surface area contributed by atoms with Crippen molar-refractivity contribution in [1.29, 1.82) is 0 Å². The summed E-state index contributed by atoms with van der Waals surface area (Å²) >= 11 is 0. The van der Waals surface area contributed by atoms with Gasteiger partial charge in [0.25, 0.3) is 5.91 Å². The van der Waals surface area contributed by atoms with Gasteiger partial charge in [-0.2, -0.15) is 0 Å². The van der Waals surface area contributed by atoms with Gasteiger partial charge in [-0.1, -0.05) is 38.1 Å². The Labute approximate surface area is 166 Å². The third kappa shape index (κ3) is 5.10. The maximum absolute atomic E-state index is 12.9. The average Bonchev–Trinajstić information content (AvgIpc) is 2.85. The minimum Gasteiger partial charge on any atom is -0.379 e. The third-order valence-electron chi connectivity index (χ3n) is 4.83. The molecule has 0 spiro atoms. The number of ether oxygens (including phenoxy) is 1. The molecule has 7 nitrogen and oxygen atoms in total. The number of rotatable bonds is 9. The fourth-order valence-electron chi connectivity index (χ4n) is 3.06. The lowest BCUT2D eigenvalue weighted by molar-refractivity contribution is -0.134. The highest BCUT2D eigenvalue weighted by molar-refractivity contribution is 6.09. The molecule has 1 aromatic rings. The number of nitrogens with one attached hydrogen (secondary N) is 2. The number of amides is 4. The Morgan fingerprint density at radius 1 is 1.18 bits per heavy atom. The Hall–Kier alpha value is -2.41. The SMILES string of the molecule is CC(C)OCCCNC(=O)CN1C(=O)NC(C)(c2ccc(C(C)C)cc2)C1=O. The van der Waals surface area contributed by atoms with E-state index in [2.05, 4.69) is 24.5 Å². The number of urea groups is 1. The first-order chi connectivity index (χ1) is 13.1. The third-order valence-corrected chi connectivity index (χ3v) is 4.83. The summed E-state index contributed by atoms with van der Waals surface area (Å²) in [6.45, 7) is 10.4. The van der Waals surface area contributed by atoms with Gasteiger partial charge in [-0.25, -0.2) is 4.79 Å². The zero-order valence-electron chi connectivity index (χ0n) is 17.4. The molecular weight excluding hydrogens is 358 g/mol. The first kappa shape index (κ1) is 21.9. The number of hydrogen-bond acceptors (Lipinski definition) is 4. The van der Waals surface area contributed by atoms with E-state index in [1.165, 1.54) is 0 Å². The molecule has 1 atom stereocenters. The summed E-state index contributed by atoms with van der Waals surface area (Å²) in [5.74, 6) is -0.414. The van der Waals surface area contributed by atoms with E-state index < -0.39 is 17.5 Å². The zero-order chi connectivity index (χ0) is 20.9. The molecule has 1 aliphatic rings. The van der Waals surface area contributed by atoms with E-state index in [4.69, 9.17) is 4.74 Å². The largest absolute Gasteiger partial charge is 0.379 e. The normalized spacial score (nSPS) is 19.5. The second kappa shape index (κ2) is 9.19. The molecule has 1 aliphatic heterocycles. The van der Waals surface area contributed by atoms with Gasteiger partial charge in [0.1, 0.15) is 12.1 Å². The van der Waals surface area contributed by atoms with Gasteiger partial charge in [0.2, 0.25) is 5.91 Å². The lowest BCUT2D eigenvalue weighted by Crippen LogP contribution is -2.43. The van der Waals surface area contributed by atoms with Crippen LogP contribution in [0.25, 0.3) is 0 Å². The number of benzene rings is 1. The lowest BCUT2D eigenvalue weighted by atomic mass is 9.90. The molecule has 0 bridgehead atoms. The molecular formula is C21H31N3O4. The Balaban J connectivity index is 1.95. The van der Waals surface area contributed by atoms with Crippen molar-refractivity contribution in [2.75, 3.05) is 19.7 Å². The van der Waals surface area contributed by atoms with Crippen LogP contribution in [0.2, 0.25) is 0 Å². The summed E-state index contributed by atoms with van der Waals surface area (Å²) in [6.07, 6.45) is 0.818. The van der Waals surface area contributed by atoms with E-state index in [9.17, 15) is 14.4 Å². The highest BCUT2D eigenvalue weighted by atomic mass is 16.5. The predicted molar refractivity (Wildman–Crippen MR) is 107 cm³/mol. The van der Waals surface area contributed by atoms with Crippen molar-refractivity contribution in [2.24, 2.45) is 0 Å². The van der Waals surface area contributed by atoms with Gasteiger partial charge < -0.3 is 15.4 Å². The molecule has 1 heterocycles. The molecule has 0 aliphatic carbocycles. The van der Waals surface area contributed by atoms with Gasteiger partial charge in [0.05, 0.1) is 6.10 Å². The second-order valence-electron chi connectivity index (χ2n) is 7.85. The molecule has 1 saturated heterocycles. The van der Waals surface area contributed by atoms with Crippen LogP contribution in [0.3, 0.4) is 0 Å². The van der Waals surface area contributed by atoms with Crippen LogP contribution < -0.4 is 10.6 Å². The standard InChI is InChI=1S/C21H31N3O4/c1-14(2)16-7-9-17(10-8-16)21(5)19(26)24(20(27)23-21)13-18(25)22-11-6-12-28-15(3)4/h7-10,14-15H,6,11-13H2,1-5H3,(H,22,25)(H,23,27). The lowest BCUT2D eigenvalue weighted by Gasteiger charge is -2.22. The van der Waals surface area contributed by atoms with Crippen molar-refractivity contribution >= 4 is 17.8 Å². The van der Waals surface area contributed by atoms with E-state index >= 15 is 0 Å². The maximum Gasteiger partial charge on any atom is 0.325 e. The molecule has 7 heteroatoms. The molecule has 0 radical (unpaired) electrons. The number of imide groups is 1. The molecule has 0 aromatic heterocycles. The van der Waals surface area contributed by atoms with Crippen LogP contribution in [0.1, 0.15) is 58.1 Å². The predicted octanol–water partition coefficient (Wildman–Crippen LogP) is 2.51. The van der Waals surface area contributed by atoms with E-state index in [0.717, 1.165) is 10.5 Å². The summed E-state index contributed by atoms with van der Waals surface area (Å²) in [5.41, 5.74) is 0.684. The quantitative estimate of drug-likeness (QED) is 0.502. The van der Waals surface area contributed by atoms with Crippen molar-refractivity contribution in [3.05, 3.63) is 35.4 Å². The van der Waals surface area contributed by atoms with Gasteiger partial charge in [-0.05, 0) is 44.2 Å². The van der Waals surface area contributed by atoms with Crippen molar-refractivity contribution < 1.29 is 19.1 Å².